The van der Waals surface area contributed by atoms with Gasteiger partial charge in [-0.3, -0.25) is 9.59 Å². The fourth-order valence-electron chi connectivity index (χ4n) is 3.42. The highest BCUT2D eigenvalue weighted by Gasteiger charge is 2.26. The third kappa shape index (κ3) is 4.69. The molecule has 31 heavy (non-hydrogen) atoms. The maximum atomic E-state index is 14.4. The molecule has 1 heterocycles. The first-order chi connectivity index (χ1) is 14.5. The molecule has 6 nitrogen and oxygen atoms in total. The van der Waals surface area contributed by atoms with Crippen molar-refractivity contribution in [1.82, 2.24) is 4.90 Å². The lowest BCUT2D eigenvalue weighted by Crippen LogP contribution is -2.48. The molecule has 3 rings (SSSR count). The Kier molecular flexibility index (Phi) is 6.03. The number of carbonyl (C=O) groups excluding carboxylic acids is 2. The highest BCUT2D eigenvalue weighted by molar-refractivity contribution is 6.05. The number of nitrogens with one attached hydrogen (secondary N) is 1. The van der Waals surface area contributed by atoms with Gasteiger partial charge in [-0.25, -0.2) is 4.39 Å². The summed E-state index contributed by atoms with van der Waals surface area (Å²) in [6.45, 7) is 8.62. The minimum atomic E-state index is -0.808. The second kappa shape index (κ2) is 8.38. The lowest BCUT2D eigenvalue weighted by molar-refractivity contribution is -0.129. The van der Waals surface area contributed by atoms with Crippen molar-refractivity contribution in [3.05, 3.63) is 58.4 Å². The van der Waals surface area contributed by atoms with E-state index in [4.69, 9.17) is 0 Å². The van der Waals surface area contributed by atoms with E-state index in [0.29, 0.717) is 24.3 Å². The molecular formula is C24H27FN4O2. The molecule has 0 spiro atoms. The van der Waals surface area contributed by atoms with Gasteiger partial charge >= 0.3 is 0 Å². The average Bonchev–Trinajstić information content (AvgIpc) is 2.72. The van der Waals surface area contributed by atoms with Crippen LogP contribution >= 0.6 is 0 Å². The van der Waals surface area contributed by atoms with Crippen LogP contribution in [0.3, 0.4) is 0 Å². The van der Waals surface area contributed by atoms with E-state index in [2.05, 4.69) is 11.4 Å². The number of piperazine rings is 1. The summed E-state index contributed by atoms with van der Waals surface area (Å²) in [5, 5.41) is 12.4. The van der Waals surface area contributed by atoms with Gasteiger partial charge in [0, 0.05) is 31.5 Å². The second-order valence-corrected chi connectivity index (χ2v) is 8.61. The Morgan fingerprint density at radius 2 is 1.81 bits per heavy atom. The fraction of sp³-hybridized carbons (Fsp3) is 0.375. The van der Waals surface area contributed by atoms with Crippen LogP contribution in [0.5, 0.6) is 0 Å². The van der Waals surface area contributed by atoms with E-state index in [9.17, 15) is 19.2 Å². The van der Waals surface area contributed by atoms with E-state index >= 15 is 0 Å². The van der Waals surface area contributed by atoms with Crippen LogP contribution in [0, 0.1) is 31.0 Å². The molecule has 0 aromatic heterocycles. The highest BCUT2D eigenvalue weighted by atomic mass is 19.1. The molecule has 2 amide bonds. The van der Waals surface area contributed by atoms with Crippen LogP contribution in [0.15, 0.2) is 30.3 Å². The smallest absolute Gasteiger partial charge is 0.258 e. The monoisotopic (exact) mass is 422 g/mol. The van der Waals surface area contributed by atoms with Crippen LogP contribution < -0.4 is 10.2 Å². The van der Waals surface area contributed by atoms with Crippen molar-refractivity contribution in [3.8, 4) is 6.07 Å². The van der Waals surface area contributed by atoms with Gasteiger partial charge in [-0.05, 0) is 74.7 Å². The van der Waals surface area contributed by atoms with Gasteiger partial charge in [-0.2, -0.15) is 5.26 Å². The van der Waals surface area contributed by atoms with Crippen molar-refractivity contribution in [2.45, 2.75) is 33.1 Å². The molecule has 0 aliphatic carbocycles. The summed E-state index contributed by atoms with van der Waals surface area (Å²) < 4.78 is 14.4. The lowest BCUT2D eigenvalue weighted by Gasteiger charge is -2.34. The predicted octanol–water partition coefficient (Wildman–Crippen LogP) is 3.77. The van der Waals surface area contributed by atoms with E-state index in [0.717, 1.165) is 16.8 Å². The zero-order chi connectivity index (χ0) is 22.9. The molecular weight excluding hydrogens is 395 g/mol. The summed E-state index contributed by atoms with van der Waals surface area (Å²) in [5.74, 6) is -1.15. The summed E-state index contributed by atoms with van der Waals surface area (Å²) in [6, 6.07) is 10.5. The molecule has 1 aliphatic rings. The van der Waals surface area contributed by atoms with Crippen LogP contribution in [-0.2, 0) is 10.2 Å². The molecule has 0 atom stereocenters. The topological polar surface area (TPSA) is 76.4 Å². The average molecular weight is 423 g/mol. The Morgan fingerprint density at radius 1 is 1.13 bits per heavy atom. The molecule has 0 unspecified atom stereocenters. The summed E-state index contributed by atoms with van der Waals surface area (Å²) in [5.41, 5.74) is 2.64. The molecule has 7 heteroatoms. The van der Waals surface area contributed by atoms with Gasteiger partial charge in [-0.15, -0.1) is 0 Å². The summed E-state index contributed by atoms with van der Waals surface area (Å²) in [6.07, 6.45) is 0. The Labute approximate surface area is 182 Å². The van der Waals surface area contributed by atoms with Crippen molar-refractivity contribution >= 4 is 23.2 Å². The molecule has 2 aromatic carbocycles. The third-order valence-corrected chi connectivity index (χ3v) is 5.83. The number of nitriles is 1. The minimum absolute atomic E-state index is 0.000941. The number of hydrogen-bond acceptors (Lipinski definition) is 4. The van der Waals surface area contributed by atoms with Crippen LogP contribution in [0.4, 0.5) is 15.8 Å². The molecule has 1 N–H and O–H groups in total. The Morgan fingerprint density at radius 3 is 2.45 bits per heavy atom. The standard InChI is InChI=1S/C24H27FN4O2/c1-15-8-20(21(25)9-16(15)2)23(31)27-18-10-17(24(3,4)14-26)11-19(12-18)29-7-6-28(5)22(30)13-29/h8-12H,6-7,13H2,1-5H3,(H,27,31). The third-order valence-electron chi connectivity index (χ3n) is 5.83. The largest absolute Gasteiger partial charge is 0.360 e. The van der Waals surface area contributed by atoms with E-state index in [-0.39, 0.29) is 18.0 Å². The number of nitrogens with zero attached hydrogens (tertiary/aromatic N) is 3. The number of anilines is 2. The quantitative estimate of drug-likeness (QED) is 0.814. The number of carbonyl (C=O) groups is 2. The molecule has 1 saturated heterocycles. The van der Waals surface area contributed by atoms with E-state index in [1.807, 2.05) is 17.9 Å². The van der Waals surface area contributed by atoms with Crippen LogP contribution in [0.1, 0.15) is 40.9 Å². The Bertz CT molecular complexity index is 1090. The van der Waals surface area contributed by atoms with Crippen molar-refractivity contribution in [2.75, 3.05) is 36.9 Å². The molecule has 0 saturated carbocycles. The Balaban J connectivity index is 1.99. The normalized spacial score (nSPS) is 14.4. The molecule has 1 aliphatic heterocycles. The zero-order valence-electron chi connectivity index (χ0n) is 18.5. The Hall–Kier alpha value is -3.40. The van der Waals surface area contributed by atoms with Gasteiger partial charge in [0.1, 0.15) is 5.82 Å². The first-order valence-electron chi connectivity index (χ1n) is 10.2. The maximum Gasteiger partial charge on any atom is 0.258 e. The molecule has 162 valence electrons. The summed E-state index contributed by atoms with van der Waals surface area (Å²) >= 11 is 0. The van der Waals surface area contributed by atoms with Crippen molar-refractivity contribution < 1.29 is 14.0 Å². The molecule has 1 fully saturated rings. The summed E-state index contributed by atoms with van der Waals surface area (Å²) in [7, 11) is 1.76. The number of hydrogen-bond donors (Lipinski definition) is 1. The maximum absolute atomic E-state index is 14.4. The van der Waals surface area contributed by atoms with Crippen LogP contribution in [-0.4, -0.2) is 43.4 Å². The first kappa shape index (κ1) is 22.3. The van der Waals surface area contributed by atoms with E-state index in [1.54, 1.807) is 44.9 Å². The number of rotatable bonds is 4. The van der Waals surface area contributed by atoms with Crippen molar-refractivity contribution in [1.29, 1.82) is 5.26 Å². The van der Waals surface area contributed by atoms with Crippen molar-refractivity contribution in [2.24, 2.45) is 0 Å². The summed E-state index contributed by atoms with van der Waals surface area (Å²) in [4.78, 5) is 28.6. The van der Waals surface area contributed by atoms with Gasteiger partial charge in [0.05, 0.1) is 23.6 Å². The molecule has 0 radical (unpaired) electrons. The number of aryl methyl sites for hydroxylation is 2. The van der Waals surface area contributed by atoms with Crippen LogP contribution in [0.25, 0.3) is 0 Å². The van der Waals surface area contributed by atoms with E-state index < -0.39 is 17.1 Å². The number of amides is 2. The fourth-order valence-corrected chi connectivity index (χ4v) is 3.42. The lowest BCUT2D eigenvalue weighted by atomic mass is 9.85. The van der Waals surface area contributed by atoms with Gasteiger partial charge in [-0.1, -0.05) is 0 Å². The second-order valence-electron chi connectivity index (χ2n) is 8.61. The van der Waals surface area contributed by atoms with Gasteiger partial charge in [0.15, 0.2) is 0 Å². The van der Waals surface area contributed by atoms with Crippen molar-refractivity contribution in [3.63, 3.8) is 0 Å². The van der Waals surface area contributed by atoms with E-state index in [1.165, 1.54) is 12.1 Å². The SMILES string of the molecule is Cc1cc(F)c(C(=O)Nc2cc(N3CCN(C)C(=O)C3)cc(C(C)(C)C#N)c2)cc1C. The predicted molar refractivity (Wildman–Crippen MR) is 119 cm³/mol. The number of benzene rings is 2. The van der Waals surface area contributed by atoms with Gasteiger partial charge < -0.3 is 15.1 Å². The first-order valence-corrected chi connectivity index (χ1v) is 10.2. The van der Waals surface area contributed by atoms with Gasteiger partial charge in [0.2, 0.25) is 5.91 Å². The number of halogens is 1. The zero-order valence-corrected chi connectivity index (χ0v) is 18.5. The highest BCUT2D eigenvalue weighted by Crippen LogP contribution is 2.31. The number of likely N-dealkylation sites (N-methyl/N-ethyl adjacent to an activating group) is 1. The molecule has 2 aromatic rings. The van der Waals surface area contributed by atoms with Gasteiger partial charge in [0.25, 0.3) is 5.91 Å². The molecule has 0 bridgehead atoms. The van der Waals surface area contributed by atoms with Crippen LogP contribution in [0.2, 0.25) is 0 Å². The minimum Gasteiger partial charge on any atom is -0.360 e.